The van der Waals surface area contributed by atoms with Crippen LogP contribution in [0.1, 0.15) is 17.5 Å². The summed E-state index contributed by atoms with van der Waals surface area (Å²) in [4.78, 5) is 41.8. The molecular weight excluding hydrogens is 464 g/mol. The SMILES string of the molecule is COc1ccc(C(=NNc2nc3c(c(=O)n(C)c(=O)n3C)n2CCCc2ccccc2)C(=O)O)cc1. The van der Waals surface area contributed by atoms with E-state index in [1.54, 1.807) is 28.8 Å². The zero-order valence-corrected chi connectivity index (χ0v) is 20.1. The van der Waals surface area contributed by atoms with Gasteiger partial charge in [-0.15, -0.1) is 0 Å². The zero-order chi connectivity index (χ0) is 25.8. The highest BCUT2D eigenvalue weighted by atomic mass is 16.5. The first-order valence-corrected chi connectivity index (χ1v) is 11.2. The Bertz CT molecular complexity index is 1550. The molecule has 0 saturated carbocycles. The Morgan fingerprint density at radius 1 is 1.06 bits per heavy atom. The normalized spacial score (nSPS) is 11.6. The van der Waals surface area contributed by atoms with Gasteiger partial charge in [-0.3, -0.25) is 13.9 Å². The molecule has 11 heteroatoms. The zero-order valence-electron chi connectivity index (χ0n) is 20.1. The summed E-state index contributed by atoms with van der Waals surface area (Å²) in [6.45, 7) is 0.391. The van der Waals surface area contributed by atoms with E-state index in [0.717, 1.165) is 16.6 Å². The molecule has 0 aliphatic rings. The van der Waals surface area contributed by atoms with E-state index in [1.165, 1.54) is 25.8 Å². The van der Waals surface area contributed by atoms with Crippen LogP contribution in [0.3, 0.4) is 0 Å². The third-order valence-electron chi connectivity index (χ3n) is 5.87. The summed E-state index contributed by atoms with van der Waals surface area (Å²) < 4.78 is 9.06. The number of rotatable bonds is 9. The van der Waals surface area contributed by atoms with Crippen LogP contribution in [0.5, 0.6) is 5.75 Å². The summed E-state index contributed by atoms with van der Waals surface area (Å²) in [5.41, 5.74) is 3.37. The highest BCUT2D eigenvalue weighted by Crippen LogP contribution is 2.18. The van der Waals surface area contributed by atoms with Gasteiger partial charge >= 0.3 is 11.7 Å². The molecule has 0 radical (unpaired) electrons. The van der Waals surface area contributed by atoms with E-state index in [2.05, 4.69) is 15.5 Å². The quantitative estimate of drug-likeness (QED) is 0.271. The fourth-order valence-electron chi connectivity index (χ4n) is 3.93. The minimum Gasteiger partial charge on any atom is -0.497 e. The van der Waals surface area contributed by atoms with Gasteiger partial charge in [0, 0.05) is 26.2 Å². The van der Waals surface area contributed by atoms with E-state index >= 15 is 0 Å². The number of carbonyl (C=O) groups is 1. The van der Waals surface area contributed by atoms with Crippen molar-refractivity contribution in [1.82, 2.24) is 18.7 Å². The number of nitrogens with zero attached hydrogens (tertiary/aromatic N) is 5. The molecule has 0 bridgehead atoms. The number of nitrogens with one attached hydrogen (secondary N) is 1. The summed E-state index contributed by atoms with van der Waals surface area (Å²) in [5, 5.41) is 13.8. The fraction of sp³-hybridized carbons (Fsp3) is 0.240. The number of hydrogen-bond donors (Lipinski definition) is 2. The summed E-state index contributed by atoms with van der Waals surface area (Å²) in [6.07, 6.45) is 1.42. The molecular formula is C25H26N6O5. The molecule has 2 N–H and O–H groups in total. The number of imidazole rings is 1. The molecule has 4 aromatic rings. The minimum atomic E-state index is -1.25. The Balaban J connectivity index is 1.75. The first-order chi connectivity index (χ1) is 17.3. The van der Waals surface area contributed by atoms with Crippen molar-refractivity contribution in [2.24, 2.45) is 19.2 Å². The largest absolute Gasteiger partial charge is 0.497 e. The van der Waals surface area contributed by atoms with Crippen molar-refractivity contribution in [3.8, 4) is 5.75 Å². The second-order valence-corrected chi connectivity index (χ2v) is 8.16. The van der Waals surface area contributed by atoms with Crippen molar-refractivity contribution in [3.05, 3.63) is 86.6 Å². The number of benzene rings is 2. The number of ether oxygens (including phenoxy) is 1. The lowest BCUT2D eigenvalue weighted by Gasteiger charge is -2.10. The van der Waals surface area contributed by atoms with Crippen LogP contribution in [0.4, 0.5) is 5.95 Å². The van der Waals surface area contributed by atoms with E-state index in [0.29, 0.717) is 24.3 Å². The van der Waals surface area contributed by atoms with E-state index in [1.807, 2.05) is 30.3 Å². The number of carboxylic acid groups (broad SMARTS) is 1. The van der Waals surface area contributed by atoms with Gasteiger partial charge in [-0.05, 0) is 42.7 Å². The molecule has 0 fully saturated rings. The monoisotopic (exact) mass is 490 g/mol. The standard InChI is InChI=1S/C25H26N6O5/c1-29-21-20(22(32)30(2)25(29)35)31(15-7-10-16-8-5-4-6-9-16)24(26-21)28-27-19(23(33)34)17-11-13-18(36-3)14-12-17/h4-6,8-9,11-14H,7,10,15H2,1-3H3,(H,26,28)(H,33,34). The first kappa shape index (κ1) is 24.5. The number of aromatic nitrogens is 4. The number of hydrogen-bond acceptors (Lipinski definition) is 7. The van der Waals surface area contributed by atoms with E-state index in [9.17, 15) is 19.5 Å². The number of hydrazone groups is 1. The Hall–Kier alpha value is -4.67. The van der Waals surface area contributed by atoms with Crippen LogP contribution in [0, 0.1) is 0 Å². The van der Waals surface area contributed by atoms with Crippen LogP contribution in [-0.4, -0.2) is 42.6 Å². The smallest absolute Gasteiger partial charge is 0.356 e. The lowest BCUT2D eigenvalue weighted by molar-refractivity contribution is -0.129. The molecule has 186 valence electrons. The maximum atomic E-state index is 13.0. The van der Waals surface area contributed by atoms with Gasteiger partial charge in [0.15, 0.2) is 16.9 Å². The number of aliphatic carboxylic acids is 1. The average molecular weight is 491 g/mol. The third kappa shape index (κ3) is 4.76. The van der Waals surface area contributed by atoms with Crippen LogP contribution < -0.4 is 21.4 Å². The lowest BCUT2D eigenvalue weighted by Crippen LogP contribution is -2.37. The van der Waals surface area contributed by atoms with Crippen LogP contribution in [0.15, 0.2) is 69.3 Å². The number of fused-ring (bicyclic) bond motifs is 1. The molecule has 0 aliphatic carbocycles. The second-order valence-electron chi connectivity index (χ2n) is 8.16. The topological polar surface area (TPSA) is 133 Å². The van der Waals surface area contributed by atoms with Gasteiger partial charge in [0.1, 0.15) is 5.75 Å². The maximum Gasteiger partial charge on any atom is 0.356 e. The van der Waals surface area contributed by atoms with Crippen molar-refractivity contribution in [2.45, 2.75) is 19.4 Å². The molecule has 11 nitrogen and oxygen atoms in total. The number of aryl methyl sites for hydroxylation is 3. The molecule has 4 rings (SSSR count). The van der Waals surface area contributed by atoms with E-state index in [-0.39, 0.29) is 22.8 Å². The van der Waals surface area contributed by atoms with Crippen molar-refractivity contribution < 1.29 is 14.6 Å². The van der Waals surface area contributed by atoms with Crippen LogP contribution in [0.2, 0.25) is 0 Å². The molecule has 2 heterocycles. The fourth-order valence-corrected chi connectivity index (χ4v) is 3.93. The van der Waals surface area contributed by atoms with Gasteiger partial charge in [0.25, 0.3) is 5.56 Å². The van der Waals surface area contributed by atoms with Gasteiger partial charge in [0.05, 0.1) is 7.11 Å². The van der Waals surface area contributed by atoms with Crippen LogP contribution in [0.25, 0.3) is 11.2 Å². The predicted octanol–water partition coefficient (Wildman–Crippen LogP) is 1.98. The van der Waals surface area contributed by atoms with Crippen molar-refractivity contribution in [1.29, 1.82) is 0 Å². The van der Waals surface area contributed by atoms with Crippen LogP contribution in [-0.2, 0) is 31.9 Å². The van der Waals surface area contributed by atoms with Gasteiger partial charge in [0.2, 0.25) is 5.95 Å². The van der Waals surface area contributed by atoms with Gasteiger partial charge < -0.3 is 14.4 Å². The van der Waals surface area contributed by atoms with E-state index < -0.39 is 17.2 Å². The third-order valence-corrected chi connectivity index (χ3v) is 5.87. The molecule has 0 aliphatic heterocycles. The second kappa shape index (κ2) is 10.3. The number of anilines is 1. The highest BCUT2D eigenvalue weighted by molar-refractivity contribution is 6.42. The highest BCUT2D eigenvalue weighted by Gasteiger charge is 2.20. The predicted molar refractivity (Wildman–Crippen MR) is 136 cm³/mol. The summed E-state index contributed by atoms with van der Waals surface area (Å²) in [7, 11) is 4.45. The molecule has 0 spiro atoms. The van der Waals surface area contributed by atoms with Crippen molar-refractivity contribution >= 4 is 28.8 Å². The molecule has 2 aromatic carbocycles. The maximum absolute atomic E-state index is 13.0. The minimum absolute atomic E-state index is 0.156. The van der Waals surface area contributed by atoms with Crippen LogP contribution >= 0.6 is 0 Å². The summed E-state index contributed by atoms with van der Waals surface area (Å²) in [5.74, 6) is -0.514. The summed E-state index contributed by atoms with van der Waals surface area (Å²) in [6, 6.07) is 16.3. The first-order valence-electron chi connectivity index (χ1n) is 11.2. The number of carboxylic acids is 1. The molecule has 2 aromatic heterocycles. The van der Waals surface area contributed by atoms with Crippen molar-refractivity contribution in [2.75, 3.05) is 12.5 Å². The van der Waals surface area contributed by atoms with Gasteiger partial charge in [-0.1, -0.05) is 30.3 Å². The molecule has 0 unspecified atom stereocenters. The molecule has 0 saturated heterocycles. The molecule has 36 heavy (non-hydrogen) atoms. The average Bonchev–Trinajstić information content (AvgIpc) is 3.25. The molecule has 0 atom stereocenters. The Labute approximate surface area is 205 Å². The summed E-state index contributed by atoms with van der Waals surface area (Å²) >= 11 is 0. The Kier molecular flexibility index (Phi) is 7.00. The Morgan fingerprint density at radius 2 is 1.75 bits per heavy atom. The lowest BCUT2D eigenvalue weighted by atomic mass is 10.1. The van der Waals surface area contributed by atoms with Gasteiger partial charge in [-0.2, -0.15) is 10.1 Å². The van der Waals surface area contributed by atoms with Gasteiger partial charge in [-0.25, -0.2) is 15.0 Å². The molecule has 0 amide bonds. The number of methoxy groups -OCH3 is 1. The van der Waals surface area contributed by atoms with Crippen molar-refractivity contribution in [3.63, 3.8) is 0 Å². The van der Waals surface area contributed by atoms with E-state index in [4.69, 9.17) is 4.74 Å². The Morgan fingerprint density at radius 3 is 2.39 bits per heavy atom.